The zero-order chi connectivity index (χ0) is 14.4. The van der Waals surface area contributed by atoms with Gasteiger partial charge in [0.25, 0.3) is 5.69 Å². The maximum absolute atomic E-state index is 11.1. The van der Waals surface area contributed by atoms with Crippen molar-refractivity contribution in [1.82, 2.24) is 0 Å². The summed E-state index contributed by atoms with van der Waals surface area (Å²) in [5, 5.41) is 11.1. The van der Waals surface area contributed by atoms with Crippen LogP contribution in [0.2, 0.25) is 0 Å². The number of nitro benzene ring substituents is 1. The topological polar surface area (TPSA) is 114 Å². The quantitative estimate of drug-likeness (QED) is 0.586. The molecule has 0 aromatic heterocycles. The molecular formula is C12H20ClN3O4. The van der Waals surface area contributed by atoms with Gasteiger partial charge in [0.05, 0.1) is 30.8 Å². The number of benzene rings is 1. The Morgan fingerprint density at radius 2 is 1.85 bits per heavy atom. The van der Waals surface area contributed by atoms with Gasteiger partial charge in [0.1, 0.15) is 0 Å². The van der Waals surface area contributed by atoms with Gasteiger partial charge in [-0.25, -0.2) is 0 Å². The number of hydrogen-bond acceptors (Lipinski definition) is 6. The van der Waals surface area contributed by atoms with Crippen LogP contribution in [0.15, 0.2) is 12.1 Å². The second-order valence-electron chi connectivity index (χ2n) is 4.06. The number of nitrogens with zero attached hydrogens (tertiary/aromatic N) is 1. The van der Waals surface area contributed by atoms with Crippen molar-refractivity contribution in [2.75, 3.05) is 20.8 Å². The molecule has 1 atom stereocenters. The van der Waals surface area contributed by atoms with Gasteiger partial charge in [-0.05, 0) is 25.5 Å². The van der Waals surface area contributed by atoms with Crippen LogP contribution >= 0.6 is 12.4 Å². The van der Waals surface area contributed by atoms with Gasteiger partial charge in [-0.3, -0.25) is 10.1 Å². The van der Waals surface area contributed by atoms with Gasteiger partial charge < -0.3 is 20.9 Å². The van der Waals surface area contributed by atoms with Gasteiger partial charge in [-0.1, -0.05) is 0 Å². The Labute approximate surface area is 123 Å². The highest BCUT2D eigenvalue weighted by Crippen LogP contribution is 2.37. The van der Waals surface area contributed by atoms with Gasteiger partial charge in [-0.2, -0.15) is 0 Å². The first-order valence-electron chi connectivity index (χ1n) is 5.91. The molecule has 0 bridgehead atoms. The smallest absolute Gasteiger partial charge is 0.278 e. The van der Waals surface area contributed by atoms with E-state index >= 15 is 0 Å². The Kier molecular flexibility index (Phi) is 7.90. The molecule has 20 heavy (non-hydrogen) atoms. The van der Waals surface area contributed by atoms with Crippen LogP contribution in [-0.2, 0) is 0 Å². The fourth-order valence-corrected chi connectivity index (χ4v) is 1.83. The number of halogens is 1. The molecule has 1 aromatic rings. The average Bonchev–Trinajstić information content (AvgIpc) is 2.42. The number of nitrogens with two attached hydrogens (primary N) is 2. The highest BCUT2D eigenvalue weighted by atomic mass is 35.5. The zero-order valence-corrected chi connectivity index (χ0v) is 12.3. The molecule has 0 heterocycles. The molecule has 0 amide bonds. The van der Waals surface area contributed by atoms with Crippen LogP contribution in [0.1, 0.15) is 24.4 Å². The van der Waals surface area contributed by atoms with Crippen molar-refractivity contribution in [2.24, 2.45) is 11.5 Å². The molecule has 0 saturated heterocycles. The fraction of sp³-hybridized carbons (Fsp3) is 0.500. The number of methoxy groups -OCH3 is 2. The van der Waals surface area contributed by atoms with Crippen LogP contribution in [0.4, 0.5) is 5.69 Å². The van der Waals surface area contributed by atoms with E-state index in [1.807, 2.05) is 0 Å². The summed E-state index contributed by atoms with van der Waals surface area (Å²) in [6.07, 6.45) is 1.28. The fourth-order valence-electron chi connectivity index (χ4n) is 1.83. The first-order valence-corrected chi connectivity index (χ1v) is 5.91. The molecule has 0 fully saturated rings. The van der Waals surface area contributed by atoms with Crippen molar-refractivity contribution in [2.45, 2.75) is 18.9 Å². The van der Waals surface area contributed by atoms with Crippen molar-refractivity contribution in [3.8, 4) is 11.5 Å². The Balaban J connectivity index is 0.00000361. The molecule has 0 unspecified atom stereocenters. The Bertz CT molecular complexity index is 457. The molecule has 1 rings (SSSR count). The van der Waals surface area contributed by atoms with Crippen LogP contribution in [-0.4, -0.2) is 25.7 Å². The number of hydrogen-bond donors (Lipinski definition) is 2. The lowest BCUT2D eigenvalue weighted by molar-refractivity contribution is -0.385. The SMILES string of the molecule is COc1cc([C@@H](N)CCCN)c([N+](=O)[O-])cc1OC.Cl. The summed E-state index contributed by atoms with van der Waals surface area (Å²) in [6.45, 7) is 0.495. The Morgan fingerprint density at radius 1 is 1.30 bits per heavy atom. The summed E-state index contributed by atoms with van der Waals surface area (Å²) >= 11 is 0. The molecule has 7 nitrogen and oxygen atoms in total. The molecule has 8 heteroatoms. The molecule has 0 saturated carbocycles. The van der Waals surface area contributed by atoms with Gasteiger partial charge in [0.2, 0.25) is 0 Å². The number of ether oxygens (including phenoxy) is 2. The molecule has 1 aromatic carbocycles. The minimum Gasteiger partial charge on any atom is -0.493 e. The lowest BCUT2D eigenvalue weighted by atomic mass is 10.0. The molecule has 4 N–H and O–H groups in total. The van der Waals surface area contributed by atoms with Gasteiger partial charge >= 0.3 is 0 Å². The van der Waals surface area contributed by atoms with Crippen LogP contribution in [0, 0.1) is 10.1 Å². The molecular weight excluding hydrogens is 286 g/mol. The summed E-state index contributed by atoms with van der Waals surface area (Å²) in [4.78, 5) is 10.6. The normalized spacial score (nSPS) is 11.4. The van der Waals surface area contributed by atoms with E-state index < -0.39 is 11.0 Å². The van der Waals surface area contributed by atoms with Gasteiger partial charge in [0.15, 0.2) is 11.5 Å². The predicted molar refractivity (Wildman–Crippen MR) is 78.7 cm³/mol. The van der Waals surface area contributed by atoms with Crippen molar-refractivity contribution >= 4 is 18.1 Å². The summed E-state index contributed by atoms with van der Waals surface area (Å²) in [5.74, 6) is 0.732. The summed E-state index contributed by atoms with van der Waals surface area (Å²) in [6, 6.07) is 2.43. The Hall–Kier alpha value is -1.57. The second kappa shape index (κ2) is 8.57. The minimum atomic E-state index is -0.473. The maximum Gasteiger partial charge on any atom is 0.278 e. The summed E-state index contributed by atoms with van der Waals surface area (Å²) in [5.41, 5.74) is 11.8. The van der Waals surface area contributed by atoms with Crippen LogP contribution in [0.3, 0.4) is 0 Å². The van der Waals surface area contributed by atoms with Gasteiger partial charge in [-0.15, -0.1) is 12.4 Å². The van der Waals surface area contributed by atoms with Crippen LogP contribution in [0.25, 0.3) is 0 Å². The second-order valence-corrected chi connectivity index (χ2v) is 4.06. The minimum absolute atomic E-state index is 0. The monoisotopic (exact) mass is 305 g/mol. The highest BCUT2D eigenvalue weighted by Gasteiger charge is 2.23. The van der Waals surface area contributed by atoms with E-state index in [2.05, 4.69) is 0 Å². The van der Waals surface area contributed by atoms with Crippen LogP contribution < -0.4 is 20.9 Å². The number of nitro groups is 1. The first-order chi connectivity index (χ1) is 9.04. The van der Waals surface area contributed by atoms with E-state index in [9.17, 15) is 10.1 Å². The third-order valence-electron chi connectivity index (χ3n) is 2.85. The largest absolute Gasteiger partial charge is 0.493 e. The van der Waals surface area contributed by atoms with E-state index in [0.29, 0.717) is 36.4 Å². The van der Waals surface area contributed by atoms with Crippen LogP contribution in [0.5, 0.6) is 11.5 Å². The average molecular weight is 306 g/mol. The molecule has 0 aliphatic heterocycles. The van der Waals surface area contributed by atoms with E-state index in [-0.39, 0.29) is 18.1 Å². The molecule has 0 radical (unpaired) electrons. The summed E-state index contributed by atoms with van der Waals surface area (Å²) < 4.78 is 10.2. The lowest BCUT2D eigenvalue weighted by Crippen LogP contribution is -2.14. The Morgan fingerprint density at radius 3 is 2.30 bits per heavy atom. The first kappa shape index (κ1) is 18.4. The number of rotatable bonds is 7. The maximum atomic E-state index is 11.1. The molecule has 0 spiro atoms. The van der Waals surface area contributed by atoms with E-state index in [0.717, 1.165) is 0 Å². The van der Waals surface area contributed by atoms with E-state index in [1.54, 1.807) is 6.07 Å². The predicted octanol–water partition coefficient (Wildman–Crippen LogP) is 1.77. The molecule has 0 aliphatic rings. The van der Waals surface area contributed by atoms with E-state index in [4.69, 9.17) is 20.9 Å². The standard InChI is InChI=1S/C12H19N3O4.ClH/c1-18-11-6-8(9(14)4-3-5-13)10(15(16)17)7-12(11)19-2;/h6-7,9H,3-5,13-14H2,1-2H3;1H/t9-;/m0./s1. The third-order valence-corrected chi connectivity index (χ3v) is 2.85. The summed E-state index contributed by atoms with van der Waals surface area (Å²) in [7, 11) is 2.90. The molecule has 114 valence electrons. The third kappa shape index (κ3) is 4.22. The highest BCUT2D eigenvalue weighted by molar-refractivity contribution is 5.85. The van der Waals surface area contributed by atoms with Gasteiger partial charge in [0, 0.05) is 6.04 Å². The van der Waals surface area contributed by atoms with Crippen molar-refractivity contribution < 1.29 is 14.4 Å². The van der Waals surface area contributed by atoms with Crippen molar-refractivity contribution in [1.29, 1.82) is 0 Å². The zero-order valence-electron chi connectivity index (χ0n) is 11.5. The molecule has 0 aliphatic carbocycles. The lowest BCUT2D eigenvalue weighted by Gasteiger charge is -2.15. The van der Waals surface area contributed by atoms with Crippen molar-refractivity contribution in [3.63, 3.8) is 0 Å². The van der Waals surface area contributed by atoms with Crippen molar-refractivity contribution in [3.05, 3.63) is 27.8 Å². The van der Waals surface area contributed by atoms with E-state index in [1.165, 1.54) is 20.3 Å².